The molecule has 0 fully saturated rings. The summed E-state index contributed by atoms with van der Waals surface area (Å²) in [6.45, 7) is 6.32. The first kappa shape index (κ1) is 20.7. The van der Waals surface area contributed by atoms with E-state index in [9.17, 15) is 4.79 Å². The number of benzene rings is 1. The fourth-order valence-electron chi connectivity index (χ4n) is 3.02. The van der Waals surface area contributed by atoms with E-state index >= 15 is 0 Å². The molecule has 0 atom stereocenters. The van der Waals surface area contributed by atoms with Crippen LogP contribution in [0.5, 0.6) is 0 Å². The van der Waals surface area contributed by atoms with E-state index in [1.54, 1.807) is 0 Å². The average molecular weight is 367 g/mol. The topological polar surface area (TPSA) is 84.7 Å². The molecule has 5 nitrogen and oxygen atoms in total. The van der Waals surface area contributed by atoms with Crippen molar-refractivity contribution < 1.29 is 4.79 Å². The lowest BCUT2D eigenvalue weighted by molar-refractivity contribution is -0.127. The van der Waals surface area contributed by atoms with Gasteiger partial charge in [0, 0.05) is 42.6 Å². The molecular weight excluding hydrogens is 336 g/mol. The summed E-state index contributed by atoms with van der Waals surface area (Å²) in [4.78, 5) is 19.4. The van der Waals surface area contributed by atoms with Crippen molar-refractivity contribution in [3.8, 4) is 11.8 Å². The zero-order valence-electron chi connectivity index (χ0n) is 16.4. The first-order valence-corrected chi connectivity index (χ1v) is 9.74. The van der Waals surface area contributed by atoms with Gasteiger partial charge in [-0.2, -0.15) is 0 Å². The Hall–Kier alpha value is -2.58. The number of amides is 1. The lowest BCUT2D eigenvalue weighted by atomic mass is 10.0. The van der Waals surface area contributed by atoms with Gasteiger partial charge >= 0.3 is 0 Å². The summed E-state index contributed by atoms with van der Waals surface area (Å²) < 4.78 is 0. The van der Waals surface area contributed by atoms with Crippen molar-refractivity contribution in [2.45, 2.75) is 46.0 Å². The molecule has 1 heterocycles. The molecule has 0 spiro atoms. The van der Waals surface area contributed by atoms with Crippen molar-refractivity contribution in [1.82, 2.24) is 4.90 Å². The van der Waals surface area contributed by atoms with Crippen molar-refractivity contribution in [2.75, 3.05) is 19.6 Å². The van der Waals surface area contributed by atoms with Gasteiger partial charge in [0.1, 0.15) is 5.84 Å². The minimum Gasteiger partial charge on any atom is -0.387 e. The normalized spacial score (nSPS) is 12.9. The highest BCUT2D eigenvalue weighted by Crippen LogP contribution is 2.28. The Labute approximate surface area is 162 Å². The summed E-state index contributed by atoms with van der Waals surface area (Å²) in [5.41, 5.74) is 14.8. The molecule has 0 bridgehead atoms. The predicted molar refractivity (Wildman–Crippen MR) is 113 cm³/mol. The second-order valence-corrected chi connectivity index (χ2v) is 6.71. The Morgan fingerprint density at radius 3 is 2.67 bits per heavy atom. The van der Waals surface area contributed by atoms with Crippen LogP contribution in [-0.4, -0.2) is 36.3 Å². The van der Waals surface area contributed by atoms with Gasteiger partial charge in [0.2, 0.25) is 5.91 Å². The Bertz CT molecular complexity index is 777. The Kier molecular flexibility index (Phi) is 8.09. The third kappa shape index (κ3) is 5.97. The molecule has 1 aromatic rings. The van der Waals surface area contributed by atoms with Crippen LogP contribution in [0.25, 0.3) is 6.08 Å². The van der Waals surface area contributed by atoms with Gasteiger partial charge in [-0.05, 0) is 44.0 Å². The molecule has 0 aliphatic carbocycles. The zero-order valence-corrected chi connectivity index (χ0v) is 16.4. The largest absolute Gasteiger partial charge is 0.387 e. The summed E-state index contributed by atoms with van der Waals surface area (Å²) >= 11 is 0. The van der Waals surface area contributed by atoms with E-state index in [-0.39, 0.29) is 5.91 Å². The number of carbonyl (C=O) groups excluding carboxylic acids is 1. The van der Waals surface area contributed by atoms with Crippen molar-refractivity contribution >= 4 is 23.5 Å². The van der Waals surface area contributed by atoms with Gasteiger partial charge in [-0.25, -0.2) is 4.99 Å². The summed E-state index contributed by atoms with van der Waals surface area (Å²) in [6.07, 6.45) is 5.84. The molecule has 4 N–H and O–H groups in total. The molecule has 2 rings (SSSR count). The number of fused-ring (bicyclic) bond motifs is 1. The molecule has 1 amide bonds. The zero-order chi connectivity index (χ0) is 19.6. The standard InChI is InChI=1S/C22H30N4O/c1-3-12-26(13-4-2)22(27)19-15-18-10-9-17(8-6-5-7-11-23)14-20(18)25-21(24)16-19/h9-10,14-15H,3-5,7,11-13,16,23H2,1-2H3,(H2,24,25). The Morgan fingerprint density at radius 1 is 1.26 bits per heavy atom. The van der Waals surface area contributed by atoms with Gasteiger partial charge in [0.05, 0.1) is 5.69 Å². The highest BCUT2D eigenvalue weighted by atomic mass is 16.2. The third-order valence-electron chi connectivity index (χ3n) is 4.28. The molecule has 0 unspecified atom stereocenters. The van der Waals surface area contributed by atoms with Gasteiger partial charge < -0.3 is 16.4 Å². The number of hydrogen-bond acceptors (Lipinski definition) is 4. The molecule has 1 aliphatic heterocycles. The Balaban J connectivity index is 2.30. The van der Waals surface area contributed by atoms with Crippen molar-refractivity contribution in [3.05, 3.63) is 34.9 Å². The van der Waals surface area contributed by atoms with E-state index in [1.165, 1.54) is 0 Å². The summed E-state index contributed by atoms with van der Waals surface area (Å²) in [5, 5.41) is 0. The number of amidine groups is 1. The van der Waals surface area contributed by atoms with Crippen LogP contribution in [-0.2, 0) is 4.79 Å². The lowest BCUT2D eigenvalue weighted by Gasteiger charge is -2.22. The minimum atomic E-state index is 0.0513. The van der Waals surface area contributed by atoms with E-state index in [0.717, 1.165) is 55.6 Å². The van der Waals surface area contributed by atoms with E-state index in [0.29, 0.717) is 24.4 Å². The second kappa shape index (κ2) is 10.5. The lowest BCUT2D eigenvalue weighted by Crippen LogP contribution is -2.34. The first-order valence-electron chi connectivity index (χ1n) is 9.74. The maximum absolute atomic E-state index is 13.0. The van der Waals surface area contributed by atoms with Crippen molar-refractivity contribution in [3.63, 3.8) is 0 Å². The van der Waals surface area contributed by atoms with E-state index in [4.69, 9.17) is 11.5 Å². The maximum atomic E-state index is 13.0. The number of nitrogens with zero attached hydrogens (tertiary/aromatic N) is 2. The highest BCUT2D eigenvalue weighted by Gasteiger charge is 2.20. The van der Waals surface area contributed by atoms with E-state index in [1.807, 2.05) is 29.2 Å². The van der Waals surface area contributed by atoms with Gasteiger partial charge in [-0.3, -0.25) is 4.79 Å². The van der Waals surface area contributed by atoms with Crippen LogP contribution in [0.2, 0.25) is 0 Å². The number of hydrogen-bond donors (Lipinski definition) is 2. The summed E-state index contributed by atoms with van der Waals surface area (Å²) in [6, 6.07) is 5.85. The molecule has 0 saturated heterocycles. The van der Waals surface area contributed by atoms with Gasteiger partial charge in [0.25, 0.3) is 0 Å². The number of nitrogens with two attached hydrogens (primary N) is 2. The number of carbonyl (C=O) groups is 1. The van der Waals surface area contributed by atoms with Crippen LogP contribution in [0.3, 0.4) is 0 Å². The second-order valence-electron chi connectivity index (χ2n) is 6.71. The van der Waals surface area contributed by atoms with E-state index < -0.39 is 0 Å². The molecule has 5 heteroatoms. The number of rotatable bonds is 7. The van der Waals surface area contributed by atoms with Crippen LogP contribution in [0.15, 0.2) is 28.8 Å². The molecule has 1 aliphatic rings. The molecule has 144 valence electrons. The maximum Gasteiger partial charge on any atom is 0.250 e. The SMILES string of the molecule is CCCN(CCC)C(=O)C1=Cc2ccc(C#CCCCN)cc2N=C(N)C1. The van der Waals surface area contributed by atoms with Crippen molar-refractivity contribution in [2.24, 2.45) is 16.5 Å². The Morgan fingerprint density at radius 2 is 2.00 bits per heavy atom. The highest BCUT2D eigenvalue weighted by molar-refractivity contribution is 6.05. The minimum absolute atomic E-state index is 0.0513. The van der Waals surface area contributed by atoms with Gasteiger partial charge in [-0.1, -0.05) is 31.8 Å². The van der Waals surface area contributed by atoms with Crippen LogP contribution in [0.4, 0.5) is 5.69 Å². The molecule has 0 radical (unpaired) electrons. The van der Waals surface area contributed by atoms with Gasteiger partial charge in [0.15, 0.2) is 0 Å². The van der Waals surface area contributed by atoms with Crippen LogP contribution in [0, 0.1) is 11.8 Å². The monoisotopic (exact) mass is 366 g/mol. The molecule has 27 heavy (non-hydrogen) atoms. The molecule has 0 aromatic heterocycles. The summed E-state index contributed by atoms with van der Waals surface area (Å²) in [7, 11) is 0. The van der Waals surface area contributed by atoms with Crippen LogP contribution in [0.1, 0.15) is 57.1 Å². The fraction of sp³-hybridized carbons (Fsp3) is 0.455. The molecule has 1 aromatic carbocycles. The molecular formula is C22H30N4O. The quantitative estimate of drug-likeness (QED) is 0.574. The van der Waals surface area contributed by atoms with Gasteiger partial charge in [-0.15, -0.1) is 0 Å². The van der Waals surface area contributed by atoms with Crippen LogP contribution >= 0.6 is 0 Å². The summed E-state index contributed by atoms with van der Waals surface area (Å²) in [5.74, 6) is 6.76. The fourth-order valence-corrected chi connectivity index (χ4v) is 3.02. The van der Waals surface area contributed by atoms with E-state index in [2.05, 4.69) is 30.7 Å². The molecule has 0 saturated carbocycles. The predicted octanol–water partition coefficient (Wildman–Crippen LogP) is 3.20. The first-order chi connectivity index (χ1) is 13.1. The smallest absolute Gasteiger partial charge is 0.250 e. The van der Waals surface area contributed by atoms with Crippen LogP contribution < -0.4 is 11.5 Å². The number of aliphatic imine (C=N–C) groups is 1. The number of unbranched alkanes of at least 4 members (excludes halogenated alkanes) is 1. The van der Waals surface area contributed by atoms with Crippen molar-refractivity contribution in [1.29, 1.82) is 0 Å². The third-order valence-corrected chi connectivity index (χ3v) is 4.28. The average Bonchev–Trinajstić information content (AvgIpc) is 2.82.